The predicted octanol–water partition coefficient (Wildman–Crippen LogP) is 2.51. The summed E-state index contributed by atoms with van der Waals surface area (Å²) in [5.41, 5.74) is 5.75. The molecule has 2 N–H and O–H groups in total. The average molecular weight is 305 g/mol. The molecule has 0 saturated heterocycles. The van der Waals surface area contributed by atoms with Crippen LogP contribution in [0.1, 0.15) is 6.42 Å². The minimum Gasteiger partial charge on any atom is -0.469 e. The molecule has 1 aromatic carbocycles. The summed E-state index contributed by atoms with van der Waals surface area (Å²) < 4.78 is 10.2. The van der Waals surface area contributed by atoms with Gasteiger partial charge in [-0.2, -0.15) is 0 Å². The molecule has 0 aliphatic heterocycles. The zero-order valence-electron chi connectivity index (χ0n) is 11.5. The summed E-state index contributed by atoms with van der Waals surface area (Å²) in [5.74, 6) is 1.40. The molecule has 1 aromatic heterocycles. The number of hydrogen-bond donors (Lipinski definition) is 1. The summed E-state index contributed by atoms with van der Waals surface area (Å²) in [6.07, 6.45) is 1.86. The molecule has 0 bridgehead atoms. The van der Waals surface area contributed by atoms with Crippen LogP contribution in [0.3, 0.4) is 0 Å². The van der Waals surface area contributed by atoms with E-state index in [1.165, 1.54) is 18.9 Å². The van der Waals surface area contributed by atoms with Crippen molar-refractivity contribution in [2.24, 2.45) is 0 Å². The van der Waals surface area contributed by atoms with Gasteiger partial charge >= 0.3 is 5.97 Å². The smallest absolute Gasteiger partial charge is 0.306 e. The molecule has 2 rings (SSSR count). The second kappa shape index (κ2) is 7.49. The van der Waals surface area contributed by atoms with Crippen molar-refractivity contribution in [1.82, 2.24) is 9.97 Å². The van der Waals surface area contributed by atoms with Gasteiger partial charge in [0.25, 0.3) is 5.88 Å². The van der Waals surface area contributed by atoms with Crippen molar-refractivity contribution in [2.75, 3.05) is 18.6 Å². The number of carbonyl (C=O) groups excluding carboxylic acids is 1. The molecule has 0 amide bonds. The molecule has 0 aliphatic rings. The fourth-order valence-corrected chi connectivity index (χ4v) is 2.20. The molecule has 2 aromatic rings. The maximum Gasteiger partial charge on any atom is 0.306 e. The normalized spacial score (nSPS) is 10.1. The van der Waals surface area contributed by atoms with Crippen LogP contribution in [0.25, 0.3) is 0 Å². The first-order chi connectivity index (χ1) is 10.2. The highest BCUT2D eigenvalue weighted by Gasteiger charge is 2.09. The van der Waals surface area contributed by atoms with Crippen LogP contribution in [-0.2, 0) is 9.53 Å². The molecule has 0 unspecified atom stereocenters. The number of benzene rings is 1. The lowest BCUT2D eigenvalue weighted by Gasteiger charge is -2.08. The van der Waals surface area contributed by atoms with Crippen LogP contribution in [-0.4, -0.2) is 28.8 Å². The lowest BCUT2D eigenvalue weighted by Crippen LogP contribution is -2.02. The highest BCUT2D eigenvalue weighted by atomic mass is 32.2. The highest BCUT2D eigenvalue weighted by molar-refractivity contribution is 7.99. The second-order valence-corrected chi connectivity index (χ2v) is 5.10. The van der Waals surface area contributed by atoms with Gasteiger partial charge in [0.2, 0.25) is 0 Å². The van der Waals surface area contributed by atoms with Gasteiger partial charge in [0.1, 0.15) is 10.8 Å². The number of esters is 1. The molecule has 0 fully saturated rings. The number of nitrogen functional groups attached to an aromatic ring is 1. The van der Waals surface area contributed by atoms with Gasteiger partial charge in [0.15, 0.2) is 5.82 Å². The molecule has 0 spiro atoms. The molecule has 0 atom stereocenters. The molecule has 7 heteroatoms. The topological polar surface area (TPSA) is 87.3 Å². The van der Waals surface area contributed by atoms with Gasteiger partial charge in [-0.3, -0.25) is 4.79 Å². The third-order valence-corrected chi connectivity index (χ3v) is 3.39. The molecule has 21 heavy (non-hydrogen) atoms. The monoisotopic (exact) mass is 305 g/mol. The number of anilines is 1. The predicted molar refractivity (Wildman–Crippen MR) is 80.3 cm³/mol. The zero-order chi connectivity index (χ0) is 15.1. The van der Waals surface area contributed by atoms with E-state index in [0.29, 0.717) is 22.9 Å². The summed E-state index contributed by atoms with van der Waals surface area (Å²) in [4.78, 5) is 19.4. The van der Waals surface area contributed by atoms with Gasteiger partial charge in [-0.05, 0) is 12.1 Å². The quantitative estimate of drug-likeness (QED) is 0.648. The molecule has 0 aliphatic carbocycles. The van der Waals surface area contributed by atoms with Gasteiger partial charge in [0.05, 0.1) is 19.7 Å². The summed E-state index contributed by atoms with van der Waals surface area (Å²) in [6, 6.07) is 9.21. The van der Waals surface area contributed by atoms with E-state index >= 15 is 0 Å². The number of carbonyl (C=O) groups is 1. The van der Waals surface area contributed by atoms with Gasteiger partial charge in [-0.1, -0.05) is 18.2 Å². The number of ether oxygens (including phenoxy) is 2. The Morgan fingerprint density at radius 3 is 2.81 bits per heavy atom. The Balaban J connectivity index is 2.01. The van der Waals surface area contributed by atoms with E-state index < -0.39 is 0 Å². The third kappa shape index (κ3) is 4.64. The summed E-state index contributed by atoms with van der Waals surface area (Å²) in [7, 11) is 1.36. The van der Waals surface area contributed by atoms with Crippen LogP contribution >= 0.6 is 11.8 Å². The molecule has 6 nitrogen and oxygen atoms in total. The Kier molecular flexibility index (Phi) is 5.39. The summed E-state index contributed by atoms with van der Waals surface area (Å²) >= 11 is 1.39. The van der Waals surface area contributed by atoms with Crippen molar-refractivity contribution in [1.29, 1.82) is 0 Å². The van der Waals surface area contributed by atoms with Gasteiger partial charge in [0, 0.05) is 5.75 Å². The maximum atomic E-state index is 11.0. The standard InChI is InChI=1S/C14H15N3O3S/c1-19-12(18)7-8-21-11-9-16-13(15)14(17-11)20-10-5-3-2-4-6-10/h2-6,9H,7-8H2,1H3,(H2,15,16). The summed E-state index contributed by atoms with van der Waals surface area (Å²) in [5, 5.41) is 0.638. The van der Waals surface area contributed by atoms with E-state index in [1.54, 1.807) is 18.3 Å². The lowest BCUT2D eigenvalue weighted by atomic mass is 10.3. The minimum atomic E-state index is -0.258. The van der Waals surface area contributed by atoms with Gasteiger partial charge in [-0.25, -0.2) is 9.97 Å². The number of hydrogen-bond acceptors (Lipinski definition) is 7. The largest absolute Gasteiger partial charge is 0.469 e. The van der Waals surface area contributed by atoms with Crippen molar-refractivity contribution in [3.63, 3.8) is 0 Å². The van der Waals surface area contributed by atoms with Gasteiger partial charge in [-0.15, -0.1) is 11.8 Å². The highest BCUT2D eigenvalue weighted by Crippen LogP contribution is 2.26. The Morgan fingerprint density at radius 2 is 2.10 bits per heavy atom. The number of nitrogens with zero attached hydrogens (tertiary/aromatic N) is 2. The van der Waals surface area contributed by atoms with Crippen molar-refractivity contribution >= 4 is 23.5 Å². The second-order valence-electron chi connectivity index (χ2n) is 3.99. The first kappa shape index (κ1) is 15.1. The maximum absolute atomic E-state index is 11.0. The van der Waals surface area contributed by atoms with E-state index in [0.717, 1.165) is 0 Å². The first-order valence-electron chi connectivity index (χ1n) is 6.24. The SMILES string of the molecule is COC(=O)CCSc1cnc(N)c(Oc2ccccc2)n1. The van der Waals surface area contributed by atoms with E-state index in [9.17, 15) is 4.79 Å². The van der Waals surface area contributed by atoms with Crippen molar-refractivity contribution in [3.05, 3.63) is 36.5 Å². The van der Waals surface area contributed by atoms with Crippen molar-refractivity contribution in [2.45, 2.75) is 11.4 Å². The van der Waals surface area contributed by atoms with E-state index in [-0.39, 0.29) is 17.7 Å². The van der Waals surface area contributed by atoms with Crippen LogP contribution in [0.2, 0.25) is 0 Å². The van der Waals surface area contributed by atoms with Crippen molar-refractivity contribution in [3.8, 4) is 11.6 Å². The minimum absolute atomic E-state index is 0.219. The Bertz CT molecular complexity index is 608. The number of thioether (sulfide) groups is 1. The molecule has 110 valence electrons. The molecule has 0 radical (unpaired) electrons. The van der Waals surface area contributed by atoms with E-state index in [2.05, 4.69) is 14.7 Å². The number of para-hydroxylation sites is 1. The first-order valence-corrected chi connectivity index (χ1v) is 7.22. The van der Waals surface area contributed by atoms with E-state index in [1.807, 2.05) is 18.2 Å². The van der Waals surface area contributed by atoms with E-state index in [4.69, 9.17) is 10.5 Å². The fraction of sp³-hybridized carbons (Fsp3) is 0.214. The summed E-state index contributed by atoms with van der Waals surface area (Å²) in [6.45, 7) is 0. The van der Waals surface area contributed by atoms with Gasteiger partial charge < -0.3 is 15.2 Å². The average Bonchev–Trinajstić information content (AvgIpc) is 2.51. The van der Waals surface area contributed by atoms with Crippen LogP contribution in [0.5, 0.6) is 11.6 Å². The Morgan fingerprint density at radius 1 is 1.33 bits per heavy atom. The van der Waals surface area contributed by atoms with Crippen LogP contribution in [0, 0.1) is 0 Å². The zero-order valence-corrected chi connectivity index (χ0v) is 12.3. The van der Waals surface area contributed by atoms with Crippen LogP contribution < -0.4 is 10.5 Å². The lowest BCUT2D eigenvalue weighted by molar-refractivity contribution is -0.140. The number of methoxy groups -OCH3 is 1. The van der Waals surface area contributed by atoms with Crippen LogP contribution in [0.4, 0.5) is 5.82 Å². The number of nitrogens with two attached hydrogens (primary N) is 1. The molecular formula is C14H15N3O3S. The Labute approximate surface area is 126 Å². The number of rotatable bonds is 6. The third-order valence-electron chi connectivity index (χ3n) is 2.49. The number of aromatic nitrogens is 2. The van der Waals surface area contributed by atoms with Crippen molar-refractivity contribution < 1.29 is 14.3 Å². The fourth-order valence-electron chi connectivity index (χ4n) is 1.45. The Hall–Kier alpha value is -2.28. The molecular weight excluding hydrogens is 290 g/mol. The molecule has 0 saturated carbocycles. The molecule has 1 heterocycles. The van der Waals surface area contributed by atoms with Crippen LogP contribution in [0.15, 0.2) is 41.6 Å².